The van der Waals surface area contributed by atoms with Crippen molar-refractivity contribution in [2.45, 2.75) is 41.8 Å². The topological polar surface area (TPSA) is 58.2 Å². The zero-order valence-corrected chi connectivity index (χ0v) is 9.54. The van der Waals surface area contributed by atoms with E-state index in [2.05, 4.69) is 10.6 Å². The lowest BCUT2D eigenvalue weighted by molar-refractivity contribution is -0.119. The SMILES string of the molecule is C.C.CC(=O)NCc1cccc(CNC(C)=O)c1. The second-order valence-corrected chi connectivity index (χ2v) is 3.64. The van der Waals surface area contributed by atoms with Crippen molar-refractivity contribution in [2.75, 3.05) is 0 Å². The molecule has 4 nitrogen and oxygen atoms in total. The molecule has 0 heterocycles. The van der Waals surface area contributed by atoms with Crippen molar-refractivity contribution < 1.29 is 9.59 Å². The first-order valence-electron chi connectivity index (χ1n) is 5.14. The minimum Gasteiger partial charge on any atom is -0.352 e. The highest BCUT2D eigenvalue weighted by atomic mass is 16.1. The summed E-state index contributed by atoms with van der Waals surface area (Å²) in [5.41, 5.74) is 2.05. The Morgan fingerprint density at radius 3 is 1.67 bits per heavy atom. The van der Waals surface area contributed by atoms with Gasteiger partial charge in [-0.25, -0.2) is 0 Å². The molecule has 2 N–H and O–H groups in total. The molecule has 0 bridgehead atoms. The summed E-state index contributed by atoms with van der Waals surface area (Å²) in [5.74, 6) is -0.0977. The van der Waals surface area contributed by atoms with Crippen LogP contribution in [-0.2, 0) is 22.7 Å². The van der Waals surface area contributed by atoms with Gasteiger partial charge in [-0.3, -0.25) is 9.59 Å². The number of benzene rings is 1. The number of carbonyl (C=O) groups excluding carboxylic acids is 2. The molecular formula is C14H24N2O2. The van der Waals surface area contributed by atoms with E-state index >= 15 is 0 Å². The van der Waals surface area contributed by atoms with E-state index in [1.54, 1.807) is 0 Å². The molecule has 0 saturated heterocycles. The van der Waals surface area contributed by atoms with Gasteiger partial charge in [-0.1, -0.05) is 39.1 Å². The summed E-state index contributed by atoms with van der Waals surface area (Å²) in [4.78, 5) is 21.5. The Morgan fingerprint density at radius 1 is 0.944 bits per heavy atom. The van der Waals surface area contributed by atoms with Crippen molar-refractivity contribution in [3.8, 4) is 0 Å². The fourth-order valence-electron chi connectivity index (χ4n) is 1.30. The van der Waals surface area contributed by atoms with Crippen molar-refractivity contribution in [1.82, 2.24) is 10.6 Å². The Kier molecular flexibility index (Phi) is 9.48. The van der Waals surface area contributed by atoms with Crippen molar-refractivity contribution >= 4 is 11.8 Å². The van der Waals surface area contributed by atoms with Crippen LogP contribution in [0.1, 0.15) is 39.8 Å². The summed E-state index contributed by atoms with van der Waals surface area (Å²) in [5, 5.41) is 5.46. The van der Waals surface area contributed by atoms with E-state index in [1.165, 1.54) is 13.8 Å². The second kappa shape index (κ2) is 9.22. The summed E-state index contributed by atoms with van der Waals surface area (Å²) in [6.45, 7) is 4.01. The minimum atomic E-state index is -0.0488. The molecule has 18 heavy (non-hydrogen) atoms. The van der Waals surface area contributed by atoms with Gasteiger partial charge < -0.3 is 10.6 Å². The molecular weight excluding hydrogens is 228 g/mol. The van der Waals surface area contributed by atoms with Gasteiger partial charge in [0, 0.05) is 26.9 Å². The van der Waals surface area contributed by atoms with E-state index in [-0.39, 0.29) is 26.7 Å². The van der Waals surface area contributed by atoms with Crippen LogP contribution in [0.5, 0.6) is 0 Å². The summed E-state index contributed by atoms with van der Waals surface area (Å²) in [7, 11) is 0. The maximum Gasteiger partial charge on any atom is 0.217 e. The largest absolute Gasteiger partial charge is 0.352 e. The summed E-state index contributed by atoms with van der Waals surface area (Å²) in [6, 6.07) is 7.75. The quantitative estimate of drug-likeness (QED) is 0.863. The molecule has 102 valence electrons. The van der Waals surface area contributed by atoms with Crippen LogP contribution >= 0.6 is 0 Å². The number of hydrogen-bond acceptors (Lipinski definition) is 2. The summed E-state index contributed by atoms with van der Waals surface area (Å²) in [6.07, 6.45) is 0. The van der Waals surface area contributed by atoms with Crippen LogP contribution in [0.4, 0.5) is 0 Å². The van der Waals surface area contributed by atoms with Crippen molar-refractivity contribution in [1.29, 1.82) is 0 Å². The van der Waals surface area contributed by atoms with Crippen LogP contribution in [0.25, 0.3) is 0 Å². The van der Waals surface area contributed by atoms with Crippen LogP contribution < -0.4 is 10.6 Å². The first-order valence-corrected chi connectivity index (χ1v) is 5.14. The lowest BCUT2D eigenvalue weighted by atomic mass is 10.1. The maximum absolute atomic E-state index is 10.7. The number of rotatable bonds is 4. The summed E-state index contributed by atoms with van der Waals surface area (Å²) < 4.78 is 0. The zero-order valence-electron chi connectivity index (χ0n) is 9.54. The average molecular weight is 252 g/mol. The van der Waals surface area contributed by atoms with Gasteiger partial charge in [-0.05, 0) is 11.1 Å². The minimum absolute atomic E-state index is 0. The van der Waals surface area contributed by atoms with E-state index in [0.29, 0.717) is 13.1 Å². The van der Waals surface area contributed by atoms with Gasteiger partial charge >= 0.3 is 0 Å². The molecule has 0 spiro atoms. The monoisotopic (exact) mass is 252 g/mol. The van der Waals surface area contributed by atoms with Gasteiger partial charge in [0.05, 0.1) is 0 Å². The van der Waals surface area contributed by atoms with E-state index in [9.17, 15) is 9.59 Å². The lowest BCUT2D eigenvalue weighted by Crippen LogP contribution is -2.20. The smallest absolute Gasteiger partial charge is 0.217 e. The molecule has 0 aliphatic heterocycles. The number of nitrogens with one attached hydrogen (secondary N) is 2. The van der Waals surface area contributed by atoms with Gasteiger partial charge in [0.25, 0.3) is 0 Å². The fourth-order valence-corrected chi connectivity index (χ4v) is 1.30. The van der Waals surface area contributed by atoms with Gasteiger partial charge in [0.15, 0.2) is 0 Å². The van der Waals surface area contributed by atoms with Gasteiger partial charge in [-0.15, -0.1) is 0 Å². The molecule has 4 heteroatoms. The van der Waals surface area contributed by atoms with Crippen LogP contribution in [0.2, 0.25) is 0 Å². The normalized spacial score (nSPS) is 8.56. The van der Waals surface area contributed by atoms with Crippen LogP contribution in [0, 0.1) is 0 Å². The average Bonchev–Trinajstić information content (AvgIpc) is 2.24. The molecule has 0 radical (unpaired) electrons. The Bertz CT molecular complexity index is 356. The molecule has 0 saturated carbocycles. The lowest BCUT2D eigenvalue weighted by Gasteiger charge is -2.06. The first kappa shape index (κ1) is 18.5. The molecule has 1 rings (SSSR count). The Morgan fingerprint density at radius 2 is 1.33 bits per heavy atom. The molecule has 1 aromatic carbocycles. The Labute approximate surface area is 110 Å². The predicted molar refractivity (Wildman–Crippen MR) is 74.9 cm³/mol. The predicted octanol–water partition coefficient (Wildman–Crippen LogP) is 2.23. The van der Waals surface area contributed by atoms with Crippen molar-refractivity contribution in [3.63, 3.8) is 0 Å². The van der Waals surface area contributed by atoms with Crippen molar-refractivity contribution in [3.05, 3.63) is 35.4 Å². The molecule has 2 amide bonds. The van der Waals surface area contributed by atoms with E-state index in [4.69, 9.17) is 0 Å². The first-order chi connectivity index (χ1) is 7.58. The molecule has 1 aromatic rings. The Balaban J connectivity index is 0. The number of hydrogen-bond donors (Lipinski definition) is 2. The van der Waals surface area contributed by atoms with Crippen LogP contribution in [0.15, 0.2) is 24.3 Å². The van der Waals surface area contributed by atoms with E-state index < -0.39 is 0 Å². The molecule has 0 aromatic heterocycles. The maximum atomic E-state index is 10.7. The fraction of sp³-hybridized carbons (Fsp3) is 0.429. The third kappa shape index (κ3) is 7.44. The zero-order chi connectivity index (χ0) is 12.0. The highest BCUT2D eigenvalue weighted by molar-refractivity contribution is 5.73. The summed E-state index contributed by atoms with van der Waals surface area (Å²) >= 11 is 0. The second-order valence-electron chi connectivity index (χ2n) is 3.64. The molecule has 0 atom stereocenters. The molecule has 0 aliphatic carbocycles. The number of amides is 2. The highest BCUT2D eigenvalue weighted by Crippen LogP contribution is 2.04. The van der Waals surface area contributed by atoms with E-state index in [0.717, 1.165) is 11.1 Å². The third-order valence-corrected chi connectivity index (χ3v) is 2.07. The van der Waals surface area contributed by atoms with Gasteiger partial charge in [-0.2, -0.15) is 0 Å². The Hall–Kier alpha value is -1.84. The van der Waals surface area contributed by atoms with Crippen LogP contribution in [0.3, 0.4) is 0 Å². The molecule has 0 unspecified atom stereocenters. The molecule has 0 aliphatic rings. The van der Waals surface area contributed by atoms with Crippen molar-refractivity contribution in [2.24, 2.45) is 0 Å². The van der Waals surface area contributed by atoms with E-state index in [1.807, 2.05) is 24.3 Å². The highest BCUT2D eigenvalue weighted by Gasteiger charge is 1.98. The standard InChI is InChI=1S/C12H16N2O2.2CH4/c1-9(15)13-7-11-4-3-5-12(6-11)8-14-10(2)16;;/h3-6H,7-8H2,1-2H3,(H,13,15)(H,14,16);2*1H4. The van der Waals surface area contributed by atoms with Gasteiger partial charge in [0.1, 0.15) is 0 Å². The van der Waals surface area contributed by atoms with Gasteiger partial charge in [0.2, 0.25) is 11.8 Å². The molecule has 0 fully saturated rings. The number of carbonyl (C=O) groups is 2. The third-order valence-electron chi connectivity index (χ3n) is 2.07. The van der Waals surface area contributed by atoms with Crippen LogP contribution in [-0.4, -0.2) is 11.8 Å².